The summed E-state index contributed by atoms with van der Waals surface area (Å²) >= 11 is 0. The standard InChI is InChI=1S/C46H28N2O.C31H21N.C16H9FO.CH3F.CH2O3.2Cs.H/c1-2-10-33(11-3-1)47-41-15-7-4-12-35(41)38-25-29(19-22-43(38)47)30-20-23-44-39(26-30)36-13-5-8-16-42(36)48(44)34-21-18-31-28-46-40(27-32(31)24-34)37-14-6-9-17-45(37)49-46;1-2-9-25(10-3-1)32-30-13-7-6-12-27(30)29-20-22(16-17-31(29)32)21-14-15-24-18-23-8-4-5-11-26(23)28(24)19-21;17-12-6-5-10-9-16-14(8-11(10)7-12)13-3-1-2-4-15(13)18-16;1-2;2-1-4-3;;;/h1-28H;1-17,19-20H,18H2;1-9H;1H3;1,3H;;;/q;;;;;2*+1;-1/p-1/i;;;1D;;;;. The summed E-state index contributed by atoms with van der Waals surface area (Å²) in [6.07, 6.45) is 1.04. The fourth-order valence-corrected chi connectivity index (χ4v) is 15.8. The fourth-order valence-electron chi connectivity index (χ4n) is 15.8. The largest absolute Gasteiger partial charge is 1.00 e. The molecule has 0 amide bonds. The molecular formula is C95H63Cs2F2N3O5. The number of carbonyl (C=O) groups is 1. The zero-order chi connectivity index (χ0) is 71.4. The van der Waals surface area contributed by atoms with Gasteiger partial charge in [0.25, 0.3) is 6.47 Å². The molecule has 5 heterocycles. The molecular weight excluding hydrogens is 1570 g/mol. The van der Waals surface area contributed by atoms with Crippen LogP contribution in [0.15, 0.2) is 349 Å². The van der Waals surface area contributed by atoms with E-state index in [1.54, 1.807) is 12.1 Å². The van der Waals surface area contributed by atoms with Crippen molar-refractivity contribution < 1.29 is 173 Å². The first-order valence-electron chi connectivity index (χ1n) is 35.4. The third-order valence-electron chi connectivity index (χ3n) is 20.4. The molecule has 0 aliphatic heterocycles. The molecule has 504 valence electrons. The Labute approximate surface area is 734 Å². The number of alkyl halides is 1. The van der Waals surface area contributed by atoms with Gasteiger partial charge in [-0.25, -0.2) is 4.39 Å². The van der Waals surface area contributed by atoms with Crippen LogP contribution in [0.3, 0.4) is 0 Å². The molecule has 21 aromatic rings. The second-order valence-corrected chi connectivity index (χ2v) is 26.2. The van der Waals surface area contributed by atoms with Crippen LogP contribution in [0.25, 0.3) is 181 Å². The van der Waals surface area contributed by atoms with E-state index >= 15 is 0 Å². The fraction of sp³-hybridized carbons (Fsp3) is 0.0211. The molecule has 0 saturated carbocycles. The van der Waals surface area contributed by atoms with Gasteiger partial charge in [-0.2, -0.15) is 0 Å². The summed E-state index contributed by atoms with van der Waals surface area (Å²) in [6.45, 7) is -0.181. The molecule has 1 aliphatic rings. The number of nitrogens with zero attached hydrogens (tertiary/aromatic N) is 3. The first-order valence-corrected chi connectivity index (χ1v) is 34.7. The van der Waals surface area contributed by atoms with Gasteiger partial charge in [-0.3, -0.25) is 9.18 Å². The average molecular weight is 1630 g/mol. The van der Waals surface area contributed by atoms with Crippen molar-refractivity contribution >= 4 is 137 Å². The maximum atomic E-state index is 13.3. The van der Waals surface area contributed by atoms with E-state index in [0.29, 0.717) is 0 Å². The number of carbonyl (C=O) groups excluding carboxylic acids is 1. The number of fused-ring (bicyclic) bond motifs is 20. The topological polar surface area (TPSA) is 90.4 Å². The van der Waals surface area contributed by atoms with Crippen molar-refractivity contribution in [3.8, 4) is 50.4 Å². The molecule has 107 heavy (non-hydrogen) atoms. The summed E-state index contributed by atoms with van der Waals surface area (Å²) in [4.78, 5) is 11.2. The zero-order valence-corrected chi connectivity index (χ0v) is 71.0. The summed E-state index contributed by atoms with van der Waals surface area (Å²) in [7, 11) is -1.00. The number of halogens is 2. The molecule has 22 rings (SSSR count). The molecule has 0 unspecified atom stereocenters. The Morgan fingerprint density at radius 3 is 1.21 bits per heavy atom. The third-order valence-corrected chi connectivity index (χ3v) is 20.4. The molecule has 0 atom stereocenters. The number of hydrogen-bond donors (Lipinski definition) is 0. The minimum Gasteiger partial charge on any atom is -1.00 e. The number of furan rings is 2. The monoisotopic (exact) mass is 1630 g/mol. The normalized spacial score (nSPS) is 11.5. The molecule has 1 aliphatic carbocycles. The van der Waals surface area contributed by atoms with E-state index in [4.69, 9.17) is 20.3 Å². The summed E-state index contributed by atoms with van der Waals surface area (Å²) < 4.78 is 47.9. The number of para-hydroxylation sites is 7. The summed E-state index contributed by atoms with van der Waals surface area (Å²) in [5.41, 5.74) is 25.0. The van der Waals surface area contributed by atoms with Gasteiger partial charge in [0.2, 0.25) is 0 Å². The molecule has 12 heteroatoms. The van der Waals surface area contributed by atoms with E-state index in [-0.39, 0.29) is 152 Å². The first-order chi connectivity index (χ1) is 52.3. The van der Waals surface area contributed by atoms with Gasteiger partial charge < -0.3 is 34.1 Å². The van der Waals surface area contributed by atoms with Crippen LogP contribution >= 0.6 is 0 Å². The second-order valence-electron chi connectivity index (χ2n) is 26.2. The van der Waals surface area contributed by atoms with Gasteiger partial charge in [0.05, 0.1) is 41.6 Å². The number of benzene rings is 16. The van der Waals surface area contributed by atoms with Crippen LogP contribution in [-0.4, -0.2) is 27.3 Å². The predicted octanol–water partition coefficient (Wildman–Crippen LogP) is 18.6. The Balaban J connectivity index is 0.000000135. The maximum absolute atomic E-state index is 13.3. The zero-order valence-electron chi connectivity index (χ0n) is 60.5. The molecule has 16 aromatic carbocycles. The van der Waals surface area contributed by atoms with Crippen molar-refractivity contribution in [1.82, 2.24) is 13.7 Å². The van der Waals surface area contributed by atoms with Gasteiger partial charge in [-0.1, -0.05) is 194 Å². The average Bonchev–Trinajstić information content (AvgIpc) is 1.60. The van der Waals surface area contributed by atoms with Gasteiger partial charge in [-0.15, -0.1) is 0 Å². The van der Waals surface area contributed by atoms with Crippen molar-refractivity contribution in [1.29, 1.82) is 0 Å². The van der Waals surface area contributed by atoms with Gasteiger partial charge in [-0.05, 0) is 218 Å². The number of hydrogen-bond acceptors (Lipinski definition) is 5. The molecule has 0 saturated heterocycles. The van der Waals surface area contributed by atoms with Gasteiger partial charge >= 0.3 is 138 Å². The van der Waals surface area contributed by atoms with Crippen LogP contribution in [0.2, 0.25) is 0 Å². The van der Waals surface area contributed by atoms with Gasteiger partial charge in [0, 0.05) is 70.9 Å². The molecule has 8 nitrogen and oxygen atoms in total. The Morgan fingerprint density at radius 1 is 0.346 bits per heavy atom. The molecule has 0 spiro atoms. The van der Waals surface area contributed by atoms with Crippen molar-refractivity contribution in [2.45, 2.75) is 6.42 Å². The van der Waals surface area contributed by atoms with E-state index in [2.05, 4.69) is 292 Å². The van der Waals surface area contributed by atoms with Gasteiger partial charge in [0.1, 0.15) is 28.1 Å². The SMILES string of the molecule is Fc1ccc2cc3oc4ccccc4c3cc2c1.O=CO[O-].[2H]CF.[Cs+].[Cs+].[H-].c1ccc(-n2c3ccccc3c3cc(-c4ccc5c(c4)-c4ccccc4C5)ccc32)cc1.c1ccc(-n2c3ccccc3c3cc(-c4ccc5c(c4)c4ccccc4n5-c4ccc5cc6oc7ccccc7c6cc5c4)ccc32)cc1. The summed E-state index contributed by atoms with van der Waals surface area (Å²) in [5.74, 6) is -0.213. The van der Waals surface area contributed by atoms with E-state index in [0.717, 1.165) is 66.8 Å². The number of rotatable bonds is 6. The van der Waals surface area contributed by atoms with E-state index < -0.39 is 7.15 Å². The second kappa shape index (κ2) is 31.0. The molecule has 0 bridgehead atoms. The van der Waals surface area contributed by atoms with Crippen molar-refractivity contribution in [3.05, 3.63) is 357 Å². The van der Waals surface area contributed by atoms with Crippen LogP contribution in [0.1, 0.15) is 13.9 Å². The third kappa shape index (κ3) is 13.2. The van der Waals surface area contributed by atoms with Crippen LogP contribution in [0.5, 0.6) is 0 Å². The molecule has 0 radical (unpaired) electrons. The Hall–Kier alpha value is -9.57. The van der Waals surface area contributed by atoms with Crippen molar-refractivity contribution in [2.24, 2.45) is 0 Å². The van der Waals surface area contributed by atoms with Crippen LogP contribution in [0.4, 0.5) is 8.78 Å². The molecule has 0 fully saturated rings. The smallest absolute Gasteiger partial charge is 1.00 e. The van der Waals surface area contributed by atoms with Gasteiger partial charge in [0.15, 0.2) is 0 Å². The molecule has 0 N–H and O–H groups in total. The first kappa shape index (κ1) is 70.4. The minimum absolute atomic E-state index is 0. The molecule has 5 aromatic heterocycles. The maximum Gasteiger partial charge on any atom is 1.00 e. The summed E-state index contributed by atoms with van der Waals surface area (Å²) in [5, 5.41) is 24.7. The van der Waals surface area contributed by atoms with Crippen LogP contribution in [0, 0.1) is 5.82 Å². The van der Waals surface area contributed by atoms with Crippen molar-refractivity contribution in [2.75, 3.05) is 7.15 Å². The van der Waals surface area contributed by atoms with Crippen LogP contribution < -0.4 is 143 Å². The number of aromatic nitrogens is 3. The van der Waals surface area contributed by atoms with E-state index in [1.165, 1.54) is 138 Å². The Kier molecular flexibility index (Phi) is 20.4. The Bertz CT molecular complexity index is 6990. The summed E-state index contributed by atoms with van der Waals surface area (Å²) in [6, 6.07) is 120. The Morgan fingerprint density at radius 2 is 0.720 bits per heavy atom. The predicted molar refractivity (Wildman–Crippen MR) is 426 cm³/mol. The minimum atomic E-state index is -1.00. The van der Waals surface area contributed by atoms with E-state index in [9.17, 15) is 8.78 Å². The quantitative estimate of drug-likeness (QED) is 0.0940. The van der Waals surface area contributed by atoms with Crippen LogP contribution in [-0.2, 0) is 16.1 Å². The van der Waals surface area contributed by atoms with Crippen molar-refractivity contribution in [3.63, 3.8) is 0 Å². The van der Waals surface area contributed by atoms with E-state index in [1.807, 2.05) is 48.5 Å².